The highest BCUT2D eigenvalue weighted by atomic mass is 31.1. The summed E-state index contributed by atoms with van der Waals surface area (Å²) in [5.74, 6) is -1.11. The lowest BCUT2D eigenvalue weighted by molar-refractivity contribution is 0.456. The van der Waals surface area contributed by atoms with Crippen molar-refractivity contribution in [2.45, 2.75) is 105 Å². The number of benzene rings is 6. The summed E-state index contributed by atoms with van der Waals surface area (Å²) < 4.78 is 77.2. The summed E-state index contributed by atoms with van der Waals surface area (Å²) in [6.45, 7) is 23.9. The van der Waals surface area contributed by atoms with Gasteiger partial charge in [-0.2, -0.15) is 0 Å². The van der Waals surface area contributed by atoms with Crippen LogP contribution in [0.15, 0.2) is 126 Å². The average Bonchev–Trinajstić information content (AvgIpc) is 3.44. The van der Waals surface area contributed by atoms with Gasteiger partial charge in [0, 0.05) is 32.7 Å². The minimum absolute atomic E-state index is 0.0896. The van der Waals surface area contributed by atoms with Crippen LogP contribution in [0.1, 0.15) is 105 Å². The molecule has 2 heterocycles. The van der Waals surface area contributed by atoms with E-state index in [1.165, 1.54) is 0 Å². The fraction of sp³-hybridized carbons (Fsp3) is 0.308. The molecule has 0 spiro atoms. The molecular weight excluding hydrogens is 821 g/mol. The highest BCUT2D eigenvalue weighted by Gasteiger charge is 2.39. The van der Waals surface area contributed by atoms with Gasteiger partial charge in [-0.3, -0.25) is 0 Å². The molecule has 0 saturated carbocycles. The van der Waals surface area contributed by atoms with Crippen LogP contribution in [0.2, 0.25) is 0 Å². The van der Waals surface area contributed by atoms with E-state index in [4.69, 9.17) is 25.8 Å². The molecule has 322 valence electrons. The van der Waals surface area contributed by atoms with Gasteiger partial charge in [-0.15, -0.1) is 0 Å². The van der Waals surface area contributed by atoms with E-state index in [1.54, 1.807) is 0 Å². The number of rotatable bonds is 5. The molecular formula is C52H54F2O6P2. The summed E-state index contributed by atoms with van der Waals surface area (Å²) in [7, 11) is -4.60. The number of hydrogen-bond acceptors (Lipinski definition) is 6. The first-order valence-corrected chi connectivity index (χ1v) is 23.1. The van der Waals surface area contributed by atoms with Crippen LogP contribution >= 0.6 is 16.5 Å². The molecule has 2 aromatic heterocycles. The van der Waals surface area contributed by atoms with E-state index >= 15 is 8.78 Å². The van der Waals surface area contributed by atoms with Gasteiger partial charge in [-0.1, -0.05) is 156 Å². The Morgan fingerprint density at radius 2 is 0.613 bits per heavy atom. The summed E-state index contributed by atoms with van der Waals surface area (Å²) in [5.41, 5.74) is 1.29. The van der Waals surface area contributed by atoms with Crippen LogP contribution in [-0.4, -0.2) is 0 Å². The Morgan fingerprint density at radius 3 is 0.855 bits per heavy atom. The Balaban J connectivity index is 1.55. The minimum atomic E-state index is -2.30. The third-order valence-corrected chi connectivity index (χ3v) is 13.1. The maximum atomic E-state index is 18.4. The molecule has 6 nitrogen and oxygen atoms in total. The minimum Gasteiger partial charge on any atom is -0.390 e. The zero-order valence-electron chi connectivity index (χ0n) is 37.5. The second-order valence-corrected chi connectivity index (χ2v) is 21.9. The zero-order valence-corrected chi connectivity index (χ0v) is 39.3. The van der Waals surface area contributed by atoms with Crippen LogP contribution in [0.25, 0.3) is 55.0 Å². The molecule has 0 aliphatic heterocycles. The van der Waals surface area contributed by atoms with E-state index in [0.717, 1.165) is 21.5 Å². The number of fused-ring (bicyclic) bond motifs is 6. The number of para-hydroxylation sites is 4. The summed E-state index contributed by atoms with van der Waals surface area (Å²) in [6, 6.07) is 34.2. The number of halogens is 2. The standard InChI is InChI=1S/C52H54F2O6P2/c1-49(2,3)35-29-37(51(7,8)9)47(59-61-55-39-25-17-13-21-31(39)32-22-14-18-26-40(32)56-61)43(45(35)53)44-46(54)36(50(4,5)6)30-38(52(10,11)12)48(44)60-62-57-41-27-19-15-23-33(41)34-24-16-20-28-42(34)58-62/h13-30H,1-12H3. The van der Waals surface area contributed by atoms with Crippen molar-refractivity contribution in [1.82, 2.24) is 0 Å². The van der Waals surface area contributed by atoms with Gasteiger partial charge < -0.3 is 25.8 Å². The van der Waals surface area contributed by atoms with E-state index in [9.17, 15) is 0 Å². The SMILES string of the molecule is CC(C)(C)c1cc(C(C)(C)C)c(Op2oc3ccccc3c3ccccc3o2)c(-c2c(F)c(C(C)(C)C)cc(C(C)(C)C)c2Op2oc3ccccc3c3ccccc3o2)c1F. The lowest BCUT2D eigenvalue weighted by atomic mass is 9.75. The van der Waals surface area contributed by atoms with Crippen molar-refractivity contribution in [2.24, 2.45) is 0 Å². The quantitative estimate of drug-likeness (QED) is 0.172. The summed E-state index contributed by atoms with van der Waals surface area (Å²) in [4.78, 5) is 0. The highest BCUT2D eigenvalue weighted by molar-refractivity contribution is 7.32. The molecule has 0 bridgehead atoms. The van der Waals surface area contributed by atoms with E-state index in [2.05, 4.69) is 0 Å². The molecule has 0 amide bonds. The van der Waals surface area contributed by atoms with Gasteiger partial charge in [0.25, 0.3) is 0 Å². The van der Waals surface area contributed by atoms with Gasteiger partial charge in [-0.25, -0.2) is 8.78 Å². The lowest BCUT2D eigenvalue weighted by Gasteiger charge is -2.32. The Bertz CT molecular complexity index is 2770. The topological polar surface area (TPSA) is 71.0 Å². The van der Waals surface area contributed by atoms with E-state index in [0.29, 0.717) is 44.6 Å². The fourth-order valence-electron chi connectivity index (χ4n) is 7.78. The first-order valence-electron chi connectivity index (χ1n) is 20.9. The number of hydrogen-bond donors (Lipinski definition) is 0. The van der Waals surface area contributed by atoms with Crippen molar-refractivity contribution < 1.29 is 34.6 Å². The van der Waals surface area contributed by atoms with Crippen molar-refractivity contribution in [2.75, 3.05) is 0 Å². The molecule has 0 atom stereocenters. The monoisotopic (exact) mass is 874 g/mol. The molecule has 0 aliphatic rings. The first-order chi connectivity index (χ1) is 29.1. The van der Waals surface area contributed by atoms with Crippen LogP contribution in [0.4, 0.5) is 8.78 Å². The normalized spacial score (nSPS) is 12.7. The maximum absolute atomic E-state index is 18.4. The van der Waals surface area contributed by atoms with E-state index in [1.807, 2.05) is 192 Å². The Hall–Kier alpha value is -5.42. The average molecular weight is 875 g/mol. The summed E-state index contributed by atoms with van der Waals surface area (Å²) >= 11 is 0. The molecule has 0 fully saturated rings. The van der Waals surface area contributed by atoms with Crippen LogP contribution in [0.3, 0.4) is 0 Å². The largest absolute Gasteiger partial charge is 0.453 e. The Labute approximate surface area is 364 Å². The fourth-order valence-corrected chi connectivity index (χ4v) is 9.96. The lowest BCUT2D eigenvalue weighted by Crippen LogP contribution is -2.22. The van der Waals surface area contributed by atoms with E-state index in [-0.39, 0.29) is 22.6 Å². The predicted molar refractivity (Wildman–Crippen MR) is 251 cm³/mol. The van der Waals surface area contributed by atoms with Gasteiger partial charge in [0.2, 0.25) is 0 Å². The second-order valence-electron chi connectivity index (χ2n) is 20.0. The molecule has 0 aliphatic carbocycles. The molecule has 6 aromatic carbocycles. The molecule has 10 heteroatoms. The van der Waals surface area contributed by atoms with Gasteiger partial charge in [0.15, 0.2) is 11.5 Å². The van der Waals surface area contributed by atoms with Gasteiger partial charge in [-0.05, 0) is 69.2 Å². The summed E-state index contributed by atoms with van der Waals surface area (Å²) in [5, 5.41) is 3.30. The maximum Gasteiger partial charge on any atom is 0.453 e. The van der Waals surface area contributed by atoms with Gasteiger partial charge >= 0.3 is 16.5 Å². The molecule has 0 unspecified atom stereocenters. The Kier molecular flexibility index (Phi) is 11.0. The molecule has 0 radical (unpaired) electrons. The smallest absolute Gasteiger partial charge is 0.390 e. The van der Waals surface area contributed by atoms with Gasteiger partial charge in [0.1, 0.15) is 34.0 Å². The second kappa shape index (κ2) is 15.7. The van der Waals surface area contributed by atoms with Crippen molar-refractivity contribution in [3.05, 3.63) is 143 Å². The van der Waals surface area contributed by atoms with Crippen molar-refractivity contribution in [1.29, 1.82) is 0 Å². The zero-order chi connectivity index (χ0) is 44.5. The first kappa shape index (κ1) is 43.2. The van der Waals surface area contributed by atoms with Crippen molar-refractivity contribution >= 4 is 60.4 Å². The molecule has 62 heavy (non-hydrogen) atoms. The third kappa shape index (κ3) is 8.16. The predicted octanol–water partition coefficient (Wildman–Crippen LogP) is 17.7. The molecule has 0 saturated heterocycles. The third-order valence-electron chi connectivity index (χ3n) is 11.1. The Morgan fingerprint density at radius 1 is 0.371 bits per heavy atom. The van der Waals surface area contributed by atoms with Crippen LogP contribution < -0.4 is 9.05 Å². The van der Waals surface area contributed by atoms with Crippen molar-refractivity contribution in [3.8, 4) is 22.6 Å². The van der Waals surface area contributed by atoms with Crippen LogP contribution in [0, 0.1) is 11.6 Å². The van der Waals surface area contributed by atoms with Crippen molar-refractivity contribution in [3.63, 3.8) is 0 Å². The van der Waals surface area contributed by atoms with E-state index < -0.39 is 49.8 Å². The summed E-state index contributed by atoms with van der Waals surface area (Å²) in [6.07, 6.45) is 0. The highest BCUT2D eigenvalue weighted by Crippen LogP contribution is 2.56. The van der Waals surface area contributed by atoms with Crippen LogP contribution in [-0.2, 0) is 21.7 Å². The molecule has 0 N–H and O–H groups in total. The van der Waals surface area contributed by atoms with Gasteiger partial charge in [0.05, 0.1) is 11.1 Å². The molecule has 8 rings (SSSR count). The van der Waals surface area contributed by atoms with Crippen LogP contribution in [0.5, 0.6) is 11.5 Å². The molecule has 8 aromatic rings.